The van der Waals surface area contributed by atoms with Crippen LogP contribution >= 0.6 is 0 Å². The van der Waals surface area contributed by atoms with Crippen molar-refractivity contribution in [2.45, 2.75) is 63.3 Å². The summed E-state index contributed by atoms with van der Waals surface area (Å²) < 4.78 is 33.3. The summed E-state index contributed by atoms with van der Waals surface area (Å²) in [4.78, 5) is 17.9. The van der Waals surface area contributed by atoms with Gasteiger partial charge in [0.1, 0.15) is 5.76 Å². The molecule has 35 heavy (non-hydrogen) atoms. The van der Waals surface area contributed by atoms with Gasteiger partial charge < -0.3 is 9.42 Å². The van der Waals surface area contributed by atoms with Crippen LogP contribution < -0.4 is 0 Å². The van der Waals surface area contributed by atoms with Gasteiger partial charge in [-0.3, -0.25) is 9.69 Å². The Bertz CT molecular complexity index is 1130. The van der Waals surface area contributed by atoms with Gasteiger partial charge in [0.2, 0.25) is 10.0 Å². The van der Waals surface area contributed by atoms with Crippen LogP contribution in [-0.4, -0.2) is 72.9 Å². The van der Waals surface area contributed by atoms with E-state index in [1.807, 2.05) is 11.8 Å². The summed E-state index contributed by atoms with van der Waals surface area (Å²) in [6, 6.07) is 6.86. The summed E-state index contributed by atoms with van der Waals surface area (Å²) >= 11 is 0. The average molecular weight is 501 g/mol. The summed E-state index contributed by atoms with van der Waals surface area (Å²) in [6.07, 6.45) is 8.54. The summed E-state index contributed by atoms with van der Waals surface area (Å²) in [7, 11) is -3.66. The number of fused-ring (bicyclic) bond motifs is 1. The summed E-state index contributed by atoms with van der Waals surface area (Å²) in [6.45, 7) is 6.52. The first kappa shape index (κ1) is 24.5. The standard InChI is InChI=1S/C26H36N4O4S/c1-20-7-9-22(10-8-20)35(32,33)30-14-12-24-23(19-30)25(27-34-24)26(31)29-17-15-28(16-18-29)13-11-21-5-3-2-4-6-21/h7-10,21H,2-6,11-19H2,1H3. The molecule has 3 heterocycles. The molecule has 2 fully saturated rings. The molecule has 2 aromatic rings. The zero-order valence-corrected chi connectivity index (χ0v) is 21.4. The van der Waals surface area contributed by atoms with Gasteiger partial charge in [0.05, 0.1) is 4.90 Å². The molecule has 3 aliphatic rings. The number of hydrogen-bond donors (Lipinski definition) is 0. The number of carbonyl (C=O) groups excluding carboxylic acids is 1. The average Bonchev–Trinajstić information content (AvgIpc) is 3.32. The molecular weight excluding hydrogens is 464 g/mol. The van der Waals surface area contributed by atoms with Crippen LogP contribution in [0, 0.1) is 12.8 Å². The minimum absolute atomic E-state index is 0.109. The third-order valence-corrected chi connectivity index (χ3v) is 9.75. The highest BCUT2D eigenvalue weighted by Gasteiger charge is 2.35. The SMILES string of the molecule is Cc1ccc(S(=O)(=O)N2CCc3onc(C(=O)N4CCN(CCC5CCCCC5)CC4)c3C2)cc1. The van der Waals surface area contributed by atoms with E-state index >= 15 is 0 Å². The molecule has 0 radical (unpaired) electrons. The molecular formula is C26H36N4O4S. The molecule has 5 rings (SSSR count). The molecule has 0 atom stereocenters. The molecule has 1 saturated heterocycles. The van der Waals surface area contributed by atoms with Crippen LogP contribution in [0.1, 0.15) is 65.9 Å². The lowest BCUT2D eigenvalue weighted by molar-refractivity contribution is 0.0616. The first-order valence-corrected chi connectivity index (χ1v) is 14.4. The highest BCUT2D eigenvalue weighted by molar-refractivity contribution is 7.89. The Morgan fingerprint density at radius 1 is 1.03 bits per heavy atom. The fourth-order valence-electron chi connectivity index (χ4n) is 5.58. The van der Waals surface area contributed by atoms with Gasteiger partial charge in [0.25, 0.3) is 5.91 Å². The second-order valence-corrected chi connectivity index (χ2v) is 12.2. The van der Waals surface area contributed by atoms with Crippen molar-refractivity contribution in [2.75, 3.05) is 39.3 Å². The number of carbonyl (C=O) groups is 1. The van der Waals surface area contributed by atoms with Gasteiger partial charge in [-0.05, 0) is 37.9 Å². The molecule has 0 spiro atoms. The molecule has 2 aliphatic heterocycles. The van der Waals surface area contributed by atoms with Crippen molar-refractivity contribution in [2.24, 2.45) is 5.92 Å². The highest BCUT2D eigenvalue weighted by Crippen LogP contribution is 2.29. The maximum atomic E-state index is 13.3. The van der Waals surface area contributed by atoms with E-state index < -0.39 is 10.0 Å². The van der Waals surface area contributed by atoms with Gasteiger partial charge in [0.15, 0.2) is 5.69 Å². The number of nitrogens with zero attached hydrogens (tertiary/aromatic N) is 4. The van der Waals surface area contributed by atoms with E-state index in [0.717, 1.165) is 31.1 Å². The molecule has 0 N–H and O–H groups in total. The third kappa shape index (κ3) is 5.32. The second kappa shape index (κ2) is 10.4. The van der Waals surface area contributed by atoms with Gasteiger partial charge >= 0.3 is 0 Å². The fraction of sp³-hybridized carbons (Fsp3) is 0.615. The quantitative estimate of drug-likeness (QED) is 0.604. The summed E-state index contributed by atoms with van der Waals surface area (Å²) in [5, 5.41) is 4.09. The van der Waals surface area contributed by atoms with E-state index in [0.29, 0.717) is 37.4 Å². The molecule has 1 amide bonds. The van der Waals surface area contributed by atoms with Gasteiger partial charge in [-0.1, -0.05) is 55.0 Å². The molecule has 8 nitrogen and oxygen atoms in total. The Balaban J connectivity index is 1.20. The van der Waals surface area contributed by atoms with Crippen LogP contribution in [0.25, 0.3) is 0 Å². The molecule has 1 aromatic carbocycles. The number of benzene rings is 1. The number of aromatic nitrogens is 1. The molecule has 0 bridgehead atoms. The van der Waals surface area contributed by atoms with E-state index in [1.165, 1.54) is 42.8 Å². The Morgan fingerprint density at radius 2 is 1.74 bits per heavy atom. The van der Waals surface area contributed by atoms with E-state index in [2.05, 4.69) is 10.1 Å². The van der Waals surface area contributed by atoms with Crippen molar-refractivity contribution in [3.05, 3.63) is 46.8 Å². The monoisotopic (exact) mass is 500 g/mol. The van der Waals surface area contributed by atoms with Crippen molar-refractivity contribution < 1.29 is 17.7 Å². The maximum Gasteiger partial charge on any atom is 0.276 e. The van der Waals surface area contributed by atoms with E-state index in [-0.39, 0.29) is 23.0 Å². The smallest absolute Gasteiger partial charge is 0.276 e. The van der Waals surface area contributed by atoms with Crippen LogP contribution in [0.2, 0.25) is 0 Å². The molecule has 1 aromatic heterocycles. The van der Waals surface area contributed by atoms with Crippen LogP contribution in [0.4, 0.5) is 0 Å². The fourth-order valence-corrected chi connectivity index (χ4v) is 6.99. The molecule has 0 unspecified atom stereocenters. The van der Waals surface area contributed by atoms with E-state index in [9.17, 15) is 13.2 Å². The Kier molecular flexibility index (Phi) is 7.27. The minimum atomic E-state index is -3.66. The first-order valence-electron chi connectivity index (χ1n) is 13.0. The lowest BCUT2D eigenvalue weighted by Crippen LogP contribution is -2.49. The zero-order valence-electron chi connectivity index (χ0n) is 20.6. The van der Waals surface area contributed by atoms with Crippen molar-refractivity contribution >= 4 is 15.9 Å². The molecule has 190 valence electrons. The van der Waals surface area contributed by atoms with Crippen LogP contribution in [0.5, 0.6) is 0 Å². The minimum Gasteiger partial charge on any atom is -0.360 e. The number of piperazine rings is 1. The topological polar surface area (TPSA) is 87.0 Å². The van der Waals surface area contributed by atoms with Gasteiger partial charge in [0, 0.05) is 51.3 Å². The third-order valence-electron chi connectivity index (χ3n) is 7.89. The summed E-state index contributed by atoms with van der Waals surface area (Å²) in [5.41, 5.74) is 1.88. The van der Waals surface area contributed by atoms with Crippen LogP contribution in [-0.2, 0) is 23.0 Å². The van der Waals surface area contributed by atoms with Crippen LogP contribution in [0.3, 0.4) is 0 Å². The second-order valence-electron chi connectivity index (χ2n) is 10.3. The number of sulfonamides is 1. The number of hydrogen-bond acceptors (Lipinski definition) is 6. The normalized spacial score (nSPS) is 20.7. The van der Waals surface area contributed by atoms with Gasteiger partial charge in [-0.25, -0.2) is 8.42 Å². The van der Waals surface area contributed by atoms with E-state index in [4.69, 9.17) is 4.52 Å². The Labute approximate surface area is 208 Å². The molecule has 1 saturated carbocycles. The van der Waals surface area contributed by atoms with Crippen LogP contribution in [0.15, 0.2) is 33.7 Å². The Morgan fingerprint density at radius 3 is 2.46 bits per heavy atom. The van der Waals surface area contributed by atoms with Crippen molar-refractivity contribution in [1.29, 1.82) is 0 Å². The van der Waals surface area contributed by atoms with Crippen molar-refractivity contribution in [3.8, 4) is 0 Å². The first-order chi connectivity index (χ1) is 16.9. The number of rotatable bonds is 6. The lowest BCUT2D eigenvalue weighted by Gasteiger charge is -2.35. The Hall–Kier alpha value is -2.23. The van der Waals surface area contributed by atoms with Crippen molar-refractivity contribution in [1.82, 2.24) is 19.3 Å². The lowest BCUT2D eigenvalue weighted by atomic mass is 9.87. The zero-order chi connectivity index (χ0) is 24.4. The molecule has 9 heteroatoms. The van der Waals surface area contributed by atoms with Gasteiger partial charge in [-0.15, -0.1) is 0 Å². The summed E-state index contributed by atoms with van der Waals surface area (Å²) in [5.74, 6) is 1.33. The predicted molar refractivity (Wildman–Crippen MR) is 133 cm³/mol. The van der Waals surface area contributed by atoms with Crippen molar-refractivity contribution in [3.63, 3.8) is 0 Å². The number of aryl methyl sites for hydroxylation is 1. The van der Waals surface area contributed by atoms with E-state index in [1.54, 1.807) is 24.3 Å². The number of amides is 1. The highest BCUT2D eigenvalue weighted by atomic mass is 32.2. The van der Waals surface area contributed by atoms with Gasteiger partial charge in [-0.2, -0.15) is 4.31 Å². The predicted octanol–water partition coefficient (Wildman–Crippen LogP) is 3.46. The maximum absolute atomic E-state index is 13.3. The molecule has 1 aliphatic carbocycles. The largest absolute Gasteiger partial charge is 0.360 e.